The summed E-state index contributed by atoms with van der Waals surface area (Å²) in [5, 5.41) is 50.7. The number of aliphatic carboxylic acids is 3. The summed E-state index contributed by atoms with van der Waals surface area (Å²) in [6.45, 7) is 1.40. The third kappa shape index (κ3) is 33.3. The van der Waals surface area contributed by atoms with E-state index in [0.717, 1.165) is 6.92 Å². The lowest BCUT2D eigenvalue weighted by Gasteiger charge is -2.28. The first-order chi connectivity index (χ1) is 42.0. The second kappa shape index (κ2) is 43.0. The van der Waals surface area contributed by atoms with Gasteiger partial charge in [0.1, 0.15) is 54.4 Å². The van der Waals surface area contributed by atoms with E-state index in [1.54, 1.807) is 36.6 Å². The maximum absolute atomic E-state index is 14.3. The number of primary amides is 2. The topological polar surface area (TPSA) is 602 Å². The summed E-state index contributed by atoms with van der Waals surface area (Å²) in [6, 6.07) is -7.31. The predicted octanol–water partition coefficient (Wildman–Crippen LogP) is -6.04. The summed E-state index contributed by atoms with van der Waals surface area (Å²) in [7, 11) is 0. The number of thioether (sulfide) groups is 1. The molecule has 0 aliphatic carbocycles. The smallest absolute Gasteiger partial charge is 0.326 e. The highest BCUT2D eigenvalue weighted by Gasteiger charge is 2.36. The van der Waals surface area contributed by atoms with Crippen LogP contribution in [0, 0.1) is 0 Å². The lowest BCUT2D eigenvalue weighted by atomic mass is 10.0. The third-order valence-electron chi connectivity index (χ3n) is 13.3. The largest absolute Gasteiger partial charge is 0.481 e. The number of carboxylic acid groups (broad SMARTS) is 3. The third-order valence-corrected chi connectivity index (χ3v) is 13.9. The second-order valence-corrected chi connectivity index (χ2v) is 21.7. The Morgan fingerprint density at radius 3 is 1.28 bits per heavy atom. The van der Waals surface area contributed by atoms with Gasteiger partial charge in [-0.15, -0.1) is 0 Å². The van der Waals surface area contributed by atoms with E-state index in [4.69, 9.17) is 40.1 Å². The number of unbranched alkanes of at least 4 members (excludes halogenated alkanes) is 2. The van der Waals surface area contributed by atoms with E-state index in [2.05, 4.69) is 52.8 Å². The molecule has 0 saturated carbocycles. The molecule has 26 N–H and O–H groups in total. The van der Waals surface area contributed by atoms with Gasteiger partial charge in [-0.2, -0.15) is 11.8 Å². The van der Waals surface area contributed by atoms with Crippen molar-refractivity contribution < 1.29 is 82.4 Å². The van der Waals surface area contributed by atoms with Crippen molar-refractivity contribution in [2.24, 2.45) is 45.1 Å². The molecule has 0 bridgehead atoms. The van der Waals surface area contributed by atoms with Crippen LogP contribution in [0.2, 0.25) is 0 Å². The minimum atomic E-state index is -1.76. The fourth-order valence-corrected chi connectivity index (χ4v) is 8.84. The highest BCUT2D eigenvalue weighted by molar-refractivity contribution is 7.98. The fourth-order valence-electron chi connectivity index (χ4n) is 8.35. The van der Waals surface area contributed by atoms with E-state index >= 15 is 0 Å². The van der Waals surface area contributed by atoms with Crippen LogP contribution in [0.25, 0.3) is 0 Å². The molecule has 0 fully saturated rings. The molecule has 11 amide bonds. The van der Waals surface area contributed by atoms with Crippen LogP contribution in [0.3, 0.4) is 0 Å². The number of carbonyl (C=O) groups excluding carboxylic acids is 11. The zero-order valence-corrected chi connectivity index (χ0v) is 50.8. The molecule has 10 atom stereocenters. The first-order valence-corrected chi connectivity index (χ1v) is 30.1. The van der Waals surface area contributed by atoms with Crippen molar-refractivity contribution in [3.05, 3.63) is 35.9 Å². The van der Waals surface area contributed by atoms with Crippen molar-refractivity contribution in [1.29, 1.82) is 0 Å². The van der Waals surface area contributed by atoms with Crippen LogP contribution in [0.5, 0.6) is 0 Å². The average Bonchev–Trinajstić information content (AvgIpc) is 2.28. The van der Waals surface area contributed by atoms with Crippen molar-refractivity contribution in [2.75, 3.05) is 31.6 Å². The zero-order chi connectivity index (χ0) is 67.2. The number of nitrogens with one attached hydrogen (secondary N) is 9. The summed E-state index contributed by atoms with van der Waals surface area (Å²) in [5.74, 6) is -15.1. The zero-order valence-electron chi connectivity index (χ0n) is 50.0. The van der Waals surface area contributed by atoms with Crippen LogP contribution in [0.15, 0.2) is 35.3 Å². The summed E-state index contributed by atoms with van der Waals surface area (Å²) < 4.78 is 0. The number of carboxylic acids is 3. The highest BCUT2D eigenvalue weighted by Crippen LogP contribution is 2.12. The van der Waals surface area contributed by atoms with E-state index in [1.165, 1.54) is 11.8 Å². The summed E-state index contributed by atoms with van der Waals surface area (Å²) in [5.41, 5.74) is 39.5. The molecule has 0 aliphatic rings. The molecular formula is C54H89N17O17S. The lowest BCUT2D eigenvalue weighted by Crippen LogP contribution is -2.60. The molecule has 0 radical (unpaired) electrons. The van der Waals surface area contributed by atoms with Gasteiger partial charge in [-0.3, -0.25) is 67.3 Å². The van der Waals surface area contributed by atoms with Gasteiger partial charge in [0.15, 0.2) is 5.96 Å². The Labute approximate surface area is 518 Å². The van der Waals surface area contributed by atoms with E-state index < -0.39 is 188 Å². The number of amides is 11. The number of hydrogen-bond donors (Lipinski definition) is 19. The molecule has 0 aliphatic heterocycles. The summed E-state index contributed by atoms with van der Waals surface area (Å²) in [4.78, 5) is 188. The lowest BCUT2D eigenvalue weighted by molar-refractivity contribution is -0.142. The van der Waals surface area contributed by atoms with Crippen molar-refractivity contribution in [3.63, 3.8) is 0 Å². The molecule has 0 spiro atoms. The predicted molar refractivity (Wildman–Crippen MR) is 324 cm³/mol. The first kappa shape index (κ1) is 78.3. The van der Waals surface area contributed by atoms with Crippen molar-refractivity contribution in [3.8, 4) is 0 Å². The number of carbonyl (C=O) groups is 14. The van der Waals surface area contributed by atoms with Crippen LogP contribution in [0.4, 0.5) is 0 Å². The van der Waals surface area contributed by atoms with Crippen molar-refractivity contribution in [1.82, 2.24) is 47.9 Å². The molecule has 89 heavy (non-hydrogen) atoms. The molecule has 1 rings (SSSR count). The number of nitrogens with two attached hydrogens (primary N) is 7. The average molecular weight is 1280 g/mol. The van der Waals surface area contributed by atoms with Crippen LogP contribution >= 0.6 is 11.8 Å². The molecule has 498 valence electrons. The van der Waals surface area contributed by atoms with Gasteiger partial charge in [0.2, 0.25) is 65.0 Å². The normalized spacial score (nSPS) is 14.3. The van der Waals surface area contributed by atoms with Gasteiger partial charge in [-0.05, 0) is 115 Å². The number of benzene rings is 1. The standard InChI is InChI=1S/C54H89N17O17S/c1-29(44(78)64-36(18-21-43(76)77)50(84)71-38(27-30-11-4-3-5-12-30)51(85)69-37(53(87)88)16-19-40(58)72)63-46(80)35(17-20-42(74)75)68-49(83)34(15-10-25-62-54(60)61)66-47(81)32(13-6-8-23-55)65-48(82)33(14-7-9-24-56)67-52(86)39(28-41(59)73)70-45(79)31(57)22-26-89-2/h3-5,11-12,29,31-39H,6-10,13-28,55-57H2,1-2H3,(H2,58,72)(H2,59,73)(H,63,80)(H,64,78)(H,65,82)(H,66,81)(H,67,86)(H,68,83)(H,69,85)(H,70,79)(H,71,84)(H,74,75)(H,76,77)(H,87,88)(H4,60,61,62)/t29-,31-,32-,33-,34-,35-,36-,37-,38-,39-/m0/s1. The van der Waals surface area contributed by atoms with Crippen LogP contribution < -0.4 is 88.0 Å². The maximum Gasteiger partial charge on any atom is 0.326 e. The highest BCUT2D eigenvalue weighted by atomic mass is 32.2. The number of nitrogens with zero attached hydrogens (tertiary/aromatic N) is 1. The SMILES string of the molecule is CSCC[C@H](N)C(=O)N[C@@H](CC(N)=O)C(=O)N[C@@H](CCCCN)C(=O)N[C@@H](CCCCN)C(=O)N[C@@H](CCCN=C(N)N)C(=O)N[C@@H](CCC(=O)O)C(=O)N[C@@H](C)C(=O)N[C@@H](CCC(=O)O)C(=O)N[C@@H](Cc1ccccc1)C(=O)N[C@@H](CCC(N)=O)C(=O)O. The Morgan fingerprint density at radius 2 is 0.854 bits per heavy atom. The Kier molecular flexibility index (Phi) is 37.9. The van der Waals surface area contributed by atoms with Gasteiger partial charge < -0.3 is 103 Å². The van der Waals surface area contributed by atoms with Crippen molar-refractivity contribution in [2.45, 2.75) is 176 Å². The minimum Gasteiger partial charge on any atom is -0.481 e. The number of aliphatic imine (C=N–C) groups is 1. The molecular weight excluding hydrogens is 1190 g/mol. The van der Waals surface area contributed by atoms with Gasteiger partial charge in [0.25, 0.3) is 0 Å². The Morgan fingerprint density at radius 1 is 0.461 bits per heavy atom. The quantitative estimate of drug-likeness (QED) is 0.0164. The molecule has 0 unspecified atom stereocenters. The van der Waals surface area contributed by atoms with Gasteiger partial charge in [0, 0.05) is 32.2 Å². The van der Waals surface area contributed by atoms with Crippen LogP contribution in [0.1, 0.15) is 115 Å². The van der Waals surface area contributed by atoms with E-state index in [0.29, 0.717) is 24.2 Å². The number of guanidine groups is 1. The van der Waals surface area contributed by atoms with E-state index in [-0.39, 0.29) is 77.0 Å². The monoisotopic (exact) mass is 1280 g/mol. The molecule has 1 aromatic rings. The molecule has 0 heterocycles. The van der Waals surface area contributed by atoms with E-state index in [9.17, 15) is 82.4 Å². The number of rotatable bonds is 47. The summed E-state index contributed by atoms with van der Waals surface area (Å²) >= 11 is 1.42. The molecule has 35 heteroatoms. The Hall–Kier alpha value is -8.70. The fraction of sp³-hybridized carbons (Fsp3) is 0.611. The van der Waals surface area contributed by atoms with Crippen molar-refractivity contribution >= 4 is 101 Å². The molecule has 34 nitrogen and oxygen atoms in total. The molecule has 0 aromatic heterocycles. The Bertz CT molecular complexity index is 2580. The minimum absolute atomic E-state index is 0.00149. The summed E-state index contributed by atoms with van der Waals surface area (Å²) in [6.07, 6.45) is -1.53. The molecule has 0 saturated heterocycles. The van der Waals surface area contributed by atoms with Gasteiger partial charge >= 0.3 is 17.9 Å². The first-order valence-electron chi connectivity index (χ1n) is 28.7. The number of hydrogen-bond acceptors (Lipinski definition) is 19. The van der Waals surface area contributed by atoms with E-state index in [1.807, 2.05) is 0 Å². The second-order valence-electron chi connectivity index (χ2n) is 20.7. The maximum atomic E-state index is 14.3. The van der Waals surface area contributed by atoms with Gasteiger partial charge in [-0.25, -0.2) is 4.79 Å². The Balaban J connectivity index is 3.62. The van der Waals surface area contributed by atoms with Gasteiger partial charge in [-0.1, -0.05) is 30.3 Å². The van der Waals surface area contributed by atoms with Crippen LogP contribution in [-0.4, -0.2) is 196 Å². The van der Waals surface area contributed by atoms with Gasteiger partial charge in [0.05, 0.1) is 12.5 Å². The van der Waals surface area contributed by atoms with Crippen LogP contribution in [-0.2, 0) is 73.5 Å². The molecule has 1 aromatic carbocycles.